The molecule has 0 aromatic heterocycles. The van der Waals surface area contributed by atoms with Gasteiger partial charge in [-0.15, -0.1) is 0 Å². The van der Waals surface area contributed by atoms with Crippen LogP contribution in [0.5, 0.6) is 0 Å². The Bertz CT molecular complexity index is 1050. The average molecular weight is 435 g/mol. The topological polar surface area (TPSA) is 66.5 Å². The molecule has 1 saturated heterocycles. The lowest BCUT2D eigenvalue weighted by atomic mass is 9.95. The van der Waals surface area contributed by atoms with Gasteiger partial charge in [-0.1, -0.05) is 30.3 Å². The van der Waals surface area contributed by atoms with E-state index < -0.39 is 21.7 Å². The van der Waals surface area contributed by atoms with Gasteiger partial charge in [0.1, 0.15) is 11.6 Å². The van der Waals surface area contributed by atoms with E-state index in [-0.39, 0.29) is 35.9 Å². The summed E-state index contributed by atoms with van der Waals surface area (Å²) in [6.07, 6.45) is 3.30. The van der Waals surface area contributed by atoms with Crippen LogP contribution in [0.25, 0.3) is 11.1 Å². The fourth-order valence-electron chi connectivity index (χ4n) is 4.41. The molecule has 160 valence electrons. The lowest BCUT2D eigenvalue weighted by molar-refractivity contribution is -0.133. The van der Waals surface area contributed by atoms with Crippen molar-refractivity contribution in [2.75, 3.05) is 19.3 Å². The zero-order valence-corrected chi connectivity index (χ0v) is 17.5. The van der Waals surface area contributed by atoms with E-state index in [0.717, 1.165) is 24.7 Å². The summed E-state index contributed by atoms with van der Waals surface area (Å²) >= 11 is 0. The molecule has 2 aliphatic rings. The number of hydrogen-bond donors (Lipinski definition) is 1. The highest BCUT2D eigenvalue weighted by molar-refractivity contribution is 7.88. The van der Waals surface area contributed by atoms with Crippen LogP contribution >= 0.6 is 0 Å². The standard InChI is InChI=1S/C22H24F2N2O3S/c1-30(28,29)25-13-14-6-5-11-26(14)22(27)18-12-17(18)15-7-2-3-8-16(15)21-19(23)9-4-10-20(21)24/h2-4,7-10,14,17-18,25H,5-6,11-13H2,1H3/t14-,17-,18+/m0/s1. The molecule has 1 amide bonds. The first kappa shape index (κ1) is 20.9. The average Bonchev–Trinajstić information content (AvgIpc) is 3.34. The maximum Gasteiger partial charge on any atom is 0.226 e. The summed E-state index contributed by atoms with van der Waals surface area (Å²) in [5.41, 5.74) is 1.18. The summed E-state index contributed by atoms with van der Waals surface area (Å²) in [6, 6.07) is 10.7. The first-order valence-electron chi connectivity index (χ1n) is 10.0. The molecule has 2 aromatic rings. The molecule has 1 aliphatic carbocycles. The van der Waals surface area contributed by atoms with Gasteiger partial charge < -0.3 is 4.90 Å². The molecule has 0 spiro atoms. The molecule has 1 aliphatic heterocycles. The van der Waals surface area contributed by atoms with Gasteiger partial charge in [0.05, 0.1) is 11.8 Å². The number of likely N-dealkylation sites (tertiary alicyclic amines) is 1. The van der Waals surface area contributed by atoms with Crippen LogP contribution in [0.15, 0.2) is 42.5 Å². The van der Waals surface area contributed by atoms with Crippen LogP contribution in [0.4, 0.5) is 8.78 Å². The zero-order chi connectivity index (χ0) is 21.5. The van der Waals surface area contributed by atoms with E-state index in [1.807, 2.05) is 12.1 Å². The molecule has 2 aromatic carbocycles. The summed E-state index contributed by atoms with van der Waals surface area (Å²) in [6.45, 7) is 0.806. The second-order valence-corrected chi connectivity index (χ2v) is 9.91. The van der Waals surface area contributed by atoms with E-state index in [1.165, 1.54) is 18.2 Å². The molecular weight excluding hydrogens is 410 g/mol. The minimum Gasteiger partial charge on any atom is -0.338 e. The number of halogens is 2. The molecule has 4 rings (SSSR count). The normalized spacial score (nSPS) is 23.6. The maximum atomic E-state index is 14.4. The zero-order valence-electron chi connectivity index (χ0n) is 16.6. The fraction of sp³-hybridized carbons (Fsp3) is 0.409. The van der Waals surface area contributed by atoms with Gasteiger partial charge in [-0.3, -0.25) is 4.79 Å². The maximum absolute atomic E-state index is 14.4. The summed E-state index contributed by atoms with van der Waals surface area (Å²) in [5.74, 6) is -1.62. The van der Waals surface area contributed by atoms with Crippen molar-refractivity contribution in [2.24, 2.45) is 5.92 Å². The molecule has 1 N–H and O–H groups in total. The number of carbonyl (C=O) groups excluding carboxylic acids is 1. The molecule has 1 saturated carbocycles. The van der Waals surface area contributed by atoms with Gasteiger partial charge in [0.15, 0.2) is 0 Å². The first-order chi connectivity index (χ1) is 14.3. The van der Waals surface area contributed by atoms with E-state index in [4.69, 9.17) is 0 Å². The third-order valence-corrected chi connectivity index (χ3v) is 6.63. The molecule has 3 atom stereocenters. The van der Waals surface area contributed by atoms with Crippen molar-refractivity contribution in [1.29, 1.82) is 0 Å². The van der Waals surface area contributed by atoms with Gasteiger partial charge in [0.25, 0.3) is 0 Å². The monoisotopic (exact) mass is 434 g/mol. The SMILES string of the molecule is CS(=O)(=O)NC[C@@H]1CCCN1C(=O)[C@@H]1C[C@H]1c1ccccc1-c1c(F)cccc1F. The molecule has 0 bridgehead atoms. The van der Waals surface area contributed by atoms with Crippen molar-refractivity contribution in [1.82, 2.24) is 9.62 Å². The minimum absolute atomic E-state index is 0.0124. The predicted molar refractivity (Wildman–Crippen MR) is 110 cm³/mol. The Labute approximate surface area is 175 Å². The van der Waals surface area contributed by atoms with E-state index >= 15 is 0 Å². The smallest absolute Gasteiger partial charge is 0.226 e. The molecule has 5 nitrogen and oxygen atoms in total. The molecule has 2 fully saturated rings. The van der Waals surface area contributed by atoms with Gasteiger partial charge in [-0.2, -0.15) is 0 Å². The lowest BCUT2D eigenvalue weighted by Crippen LogP contribution is -2.43. The van der Waals surface area contributed by atoms with Crippen LogP contribution in [0.2, 0.25) is 0 Å². The van der Waals surface area contributed by atoms with Crippen LogP contribution in [0.1, 0.15) is 30.7 Å². The highest BCUT2D eigenvalue weighted by Crippen LogP contribution is 2.52. The number of hydrogen-bond acceptors (Lipinski definition) is 3. The Morgan fingerprint density at radius 3 is 2.53 bits per heavy atom. The Morgan fingerprint density at radius 2 is 1.83 bits per heavy atom. The van der Waals surface area contributed by atoms with E-state index in [1.54, 1.807) is 17.0 Å². The number of carbonyl (C=O) groups is 1. The van der Waals surface area contributed by atoms with Crippen LogP contribution < -0.4 is 4.72 Å². The number of sulfonamides is 1. The van der Waals surface area contributed by atoms with Crippen LogP contribution in [-0.4, -0.2) is 44.6 Å². The molecule has 30 heavy (non-hydrogen) atoms. The number of benzene rings is 2. The van der Waals surface area contributed by atoms with E-state index in [9.17, 15) is 22.0 Å². The fourth-order valence-corrected chi connectivity index (χ4v) is 4.91. The Kier molecular flexibility index (Phi) is 5.63. The highest BCUT2D eigenvalue weighted by atomic mass is 32.2. The van der Waals surface area contributed by atoms with Crippen LogP contribution in [0, 0.1) is 17.6 Å². The second kappa shape index (κ2) is 8.07. The Hall–Kier alpha value is -2.32. The first-order valence-corrected chi connectivity index (χ1v) is 11.9. The third kappa shape index (κ3) is 4.25. The van der Waals surface area contributed by atoms with Crippen molar-refractivity contribution < 1.29 is 22.0 Å². The summed E-state index contributed by atoms with van der Waals surface area (Å²) in [7, 11) is -3.32. The van der Waals surface area contributed by atoms with Gasteiger partial charge in [-0.05, 0) is 48.4 Å². The van der Waals surface area contributed by atoms with Gasteiger partial charge in [-0.25, -0.2) is 21.9 Å². The molecule has 1 heterocycles. The van der Waals surface area contributed by atoms with E-state index in [2.05, 4.69) is 4.72 Å². The van der Waals surface area contributed by atoms with E-state index in [0.29, 0.717) is 18.5 Å². The summed E-state index contributed by atoms with van der Waals surface area (Å²) < 4.78 is 54.0. The van der Waals surface area contributed by atoms with Crippen molar-refractivity contribution in [3.63, 3.8) is 0 Å². The number of nitrogens with zero attached hydrogens (tertiary/aromatic N) is 1. The van der Waals surface area contributed by atoms with Gasteiger partial charge in [0.2, 0.25) is 15.9 Å². The van der Waals surface area contributed by atoms with Crippen molar-refractivity contribution in [3.8, 4) is 11.1 Å². The molecule has 0 unspecified atom stereocenters. The van der Waals surface area contributed by atoms with Crippen LogP contribution in [0.3, 0.4) is 0 Å². The second-order valence-electron chi connectivity index (χ2n) is 8.08. The van der Waals surface area contributed by atoms with Gasteiger partial charge >= 0.3 is 0 Å². The number of rotatable bonds is 6. The predicted octanol–water partition coefficient (Wildman–Crippen LogP) is 3.28. The quantitative estimate of drug-likeness (QED) is 0.759. The Morgan fingerprint density at radius 1 is 1.13 bits per heavy atom. The summed E-state index contributed by atoms with van der Waals surface area (Å²) in [4.78, 5) is 14.9. The molecule has 8 heteroatoms. The largest absolute Gasteiger partial charge is 0.338 e. The lowest BCUT2D eigenvalue weighted by Gasteiger charge is -2.25. The molecular formula is C22H24F2N2O3S. The third-order valence-electron chi connectivity index (χ3n) is 5.94. The number of nitrogens with one attached hydrogen (secondary N) is 1. The van der Waals surface area contributed by atoms with Crippen molar-refractivity contribution in [3.05, 3.63) is 59.7 Å². The van der Waals surface area contributed by atoms with Gasteiger partial charge in [0, 0.05) is 25.0 Å². The highest BCUT2D eigenvalue weighted by Gasteiger charge is 2.48. The summed E-state index contributed by atoms with van der Waals surface area (Å²) in [5, 5.41) is 0. The van der Waals surface area contributed by atoms with Crippen LogP contribution in [-0.2, 0) is 14.8 Å². The molecule has 0 radical (unpaired) electrons. The van der Waals surface area contributed by atoms with Crippen molar-refractivity contribution in [2.45, 2.75) is 31.2 Å². The van der Waals surface area contributed by atoms with Crippen molar-refractivity contribution >= 4 is 15.9 Å². The number of amides is 1. The Balaban J connectivity index is 1.53. The minimum atomic E-state index is -3.32.